The third-order valence-corrected chi connectivity index (χ3v) is 3.92. The van der Waals surface area contributed by atoms with Gasteiger partial charge in [-0.1, -0.05) is 15.9 Å². The maximum absolute atomic E-state index is 5.95. The van der Waals surface area contributed by atoms with Gasteiger partial charge in [0, 0.05) is 22.5 Å². The zero-order valence-corrected chi connectivity index (χ0v) is 12.6. The van der Waals surface area contributed by atoms with Gasteiger partial charge in [0.05, 0.1) is 6.61 Å². The lowest BCUT2D eigenvalue weighted by Crippen LogP contribution is -2.09. The van der Waals surface area contributed by atoms with Crippen LogP contribution in [0.3, 0.4) is 0 Å². The van der Waals surface area contributed by atoms with Gasteiger partial charge in [0.2, 0.25) is 0 Å². The summed E-state index contributed by atoms with van der Waals surface area (Å²) in [5.74, 6) is 0.878. The molecule has 0 aliphatic rings. The fraction of sp³-hybridized carbons (Fsp3) is 0.286. The number of hydrogen-bond donors (Lipinski definition) is 1. The molecule has 1 aromatic heterocycles. The first-order valence-corrected chi connectivity index (χ1v) is 7.59. The number of hydrogen-bond acceptors (Lipinski definition) is 3. The van der Waals surface area contributed by atoms with Crippen LogP contribution in [0.1, 0.15) is 24.1 Å². The fourth-order valence-corrected chi connectivity index (χ4v) is 2.80. The molecule has 1 heterocycles. The number of rotatable bonds is 5. The molecule has 1 atom stereocenters. The van der Waals surface area contributed by atoms with Crippen molar-refractivity contribution < 1.29 is 4.74 Å². The molecule has 0 bridgehead atoms. The quantitative estimate of drug-likeness (QED) is 0.896. The van der Waals surface area contributed by atoms with E-state index in [-0.39, 0.29) is 6.04 Å². The largest absolute Gasteiger partial charge is 0.493 e. The second-order valence-corrected chi connectivity index (χ2v) is 5.90. The minimum Gasteiger partial charge on any atom is -0.493 e. The van der Waals surface area contributed by atoms with E-state index in [1.54, 1.807) is 11.3 Å². The zero-order valence-electron chi connectivity index (χ0n) is 10.2. The first-order valence-electron chi connectivity index (χ1n) is 5.85. The molecule has 2 aromatic rings. The van der Waals surface area contributed by atoms with Crippen molar-refractivity contribution in [2.24, 2.45) is 5.73 Å². The van der Waals surface area contributed by atoms with Crippen LogP contribution in [0.2, 0.25) is 0 Å². The van der Waals surface area contributed by atoms with E-state index >= 15 is 0 Å². The van der Waals surface area contributed by atoms with Crippen LogP contribution in [0, 0.1) is 0 Å². The zero-order chi connectivity index (χ0) is 13.0. The number of halogens is 1. The number of ether oxygens (including phenoxy) is 1. The van der Waals surface area contributed by atoms with Crippen LogP contribution >= 0.6 is 27.3 Å². The summed E-state index contributed by atoms with van der Waals surface area (Å²) in [4.78, 5) is 0. The van der Waals surface area contributed by atoms with Crippen LogP contribution in [0.15, 0.2) is 39.5 Å². The number of nitrogens with two attached hydrogens (primary N) is 1. The summed E-state index contributed by atoms with van der Waals surface area (Å²) in [6.07, 6.45) is 0.929. The smallest absolute Gasteiger partial charge is 0.124 e. The normalized spacial score (nSPS) is 12.4. The minimum absolute atomic E-state index is 0.0290. The molecule has 1 aromatic carbocycles. The van der Waals surface area contributed by atoms with E-state index in [9.17, 15) is 0 Å². The Balaban J connectivity index is 2.00. The van der Waals surface area contributed by atoms with E-state index < -0.39 is 0 Å². The predicted octanol–water partition coefficient (Wildman–Crippen LogP) is 4.15. The van der Waals surface area contributed by atoms with Crippen LogP contribution < -0.4 is 10.5 Å². The molecule has 0 amide bonds. The van der Waals surface area contributed by atoms with Gasteiger partial charge < -0.3 is 10.5 Å². The van der Waals surface area contributed by atoms with Crippen LogP contribution in [-0.4, -0.2) is 6.61 Å². The Labute approximate surface area is 120 Å². The lowest BCUT2D eigenvalue weighted by Gasteiger charge is -2.14. The van der Waals surface area contributed by atoms with Gasteiger partial charge in [0.15, 0.2) is 0 Å². The summed E-state index contributed by atoms with van der Waals surface area (Å²) in [6, 6.07) is 8.06. The van der Waals surface area contributed by atoms with Crippen molar-refractivity contribution in [2.75, 3.05) is 6.61 Å². The summed E-state index contributed by atoms with van der Waals surface area (Å²) in [5.41, 5.74) is 8.31. The summed E-state index contributed by atoms with van der Waals surface area (Å²) in [5, 5.41) is 4.24. The van der Waals surface area contributed by atoms with Gasteiger partial charge >= 0.3 is 0 Å². The van der Waals surface area contributed by atoms with Gasteiger partial charge in [0.25, 0.3) is 0 Å². The standard InChI is InChI=1S/C14H16BrNOS/c1-10(16)13-8-12(15)2-3-14(13)17-6-4-11-5-7-18-9-11/h2-3,5,7-10H,4,6,16H2,1H3. The summed E-state index contributed by atoms with van der Waals surface area (Å²) < 4.78 is 6.86. The van der Waals surface area contributed by atoms with Crippen molar-refractivity contribution in [1.82, 2.24) is 0 Å². The molecule has 0 aliphatic heterocycles. The summed E-state index contributed by atoms with van der Waals surface area (Å²) in [6.45, 7) is 2.64. The van der Waals surface area contributed by atoms with Crippen LogP contribution in [0.5, 0.6) is 5.75 Å². The Morgan fingerprint density at radius 3 is 2.89 bits per heavy atom. The highest BCUT2D eigenvalue weighted by Crippen LogP contribution is 2.27. The first kappa shape index (κ1) is 13.6. The average molecular weight is 326 g/mol. The van der Waals surface area contributed by atoms with E-state index in [1.165, 1.54) is 5.56 Å². The number of benzene rings is 1. The van der Waals surface area contributed by atoms with Gasteiger partial charge in [-0.2, -0.15) is 11.3 Å². The maximum atomic E-state index is 5.95. The highest BCUT2D eigenvalue weighted by molar-refractivity contribution is 9.10. The molecule has 2 nitrogen and oxygen atoms in total. The molecule has 0 radical (unpaired) electrons. The molecule has 0 fully saturated rings. The molecule has 0 saturated carbocycles. The molecular weight excluding hydrogens is 310 g/mol. The average Bonchev–Trinajstić information content (AvgIpc) is 2.84. The van der Waals surface area contributed by atoms with E-state index in [0.29, 0.717) is 6.61 Å². The van der Waals surface area contributed by atoms with Crippen molar-refractivity contribution in [3.8, 4) is 5.75 Å². The molecule has 96 valence electrons. The molecule has 2 rings (SSSR count). The molecule has 2 N–H and O–H groups in total. The number of thiophene rings is 1. The van der Waals surface area contributed by atoms with E-state index in [1.807, 2.05) is 25.1 Å². The predicted molar refractivity (Wildman–Crippen MR) is 80.3 cm³/mol. The summed E-state index contributed by atoms with van der Waals surface area (Å²) >= 11 is 5.17. The summed E-state index contributed by atoms with van der Waals surface area (Å²) in [7, 11) is 0. The molecule has 1 unspecified atom stereocenters. The Morgan fingerprint density at radius 2 is 2.22 bits per heavy atom. The van der Waals surface area contributed by atoms with Crippen molar-refractivity contribution in [3.63, 3.8) is 0 Å². The van der Waals surface area contributed by atoms with Gasteiger partial charge in [-0.3, -0.25) is 0 Å². The van der Waals surface area contributed by atoms with E-state index in [4.69, 9.17) is 10.5 Å². The Morgan fingerprint density at radius 1 is 1.39 bits per heavy atom. The van der Waals surface area contributed by atoms with Gasteiger partial charge in [-0.05, 0) is 47.5 Å². The maximum Gasteiger partial charge on any atom is 0.124 e. The van der Waals surface area contributed by atoms with E-state index in [2.05, 4.69) is 32.8 Å². The van der Waals surface area contributed by atoms with Crippen LogP contribution in [0.4, 0.5) is 0 Å². The van der Waals surface area contributed by atoms with Crippen molar-refractivity contribution >= 4 is 27.3 Å². The molecular formula is C14H16BrNOS. The Bertz CT molecular complexity index is 497. The van der Waals surface area contributed by atoms with Gasteiger partial charge in [0.1, 0.15) is 5.75 Å². The Hall–Kier alpha value is -0.840. The van der Waals surface area contributed by atoms with Gasteiger partial charge in [-0.15, -0.1) is 0 Å². The minimum atomic E-state index is -0.0290. The van der Waals surface area contributed by atoms with Crippen molar-refractivity contribution in [3.05, 3.63) is 50.6 Å². The molecule has 0 aliphatic carbocycles. The monoisotopic (exact) mass is 325 g/mol. The fourth-order valence-electron chi connectivity index (χ4n) is 1.72. The van der Waals surface area contributed by atoms with Gasteiger partial charge in [-0.25, -0.2) is 0 Å². The van der Waals surface area contributed by atoms with Crippen LogP contribution in [-0.2, 0) is 6.42 Å². The molecule has 0 saturated heterocycles. The van der Waals surface area contributed by atoms with Crippen LogP contribution in [0.25, 0.3) is 0 Å². The first-order chi connectivity index (χ1) is 8.66. The second-order valence-electron chi connectivity index (χ2n) is 4.20. The third kappa shape index (κ3) is 3.57. The lowest BCUT2D eigenvalue weighted by molar-refractivity contribution is 0.317. The highest BCUT2D eigenvalue weighted by atomic mass is 79.9. The third-order valence-electron chi connectivity index (χ3n) is 2.69. The Kier molecular flexibility index (Phi) is 4.80. The molecule has 18 heavy (non-hydrogen) atoms. The molecule has 4 heteroatoms. The van der Waals surface area contributed by atoms with E-state index in [0.717, 1.165) is 22.2 Å². The topological polar surface area (TPSA) is 35.2 Å². The van der Waals surface area contributed by atoms with Crippen molar-refractivity contribution in [1.29, 1.82) is 0 Å². The molecule has 0 spiro atoms. The second kappa shape index (κ2) is 6.36. The van der Waals surface area contributed by atoms with Crippen molar-refractivity contribution in [2.45, 2.75) is 19.4 Å². The lowest BCUT2D eigenvalue weighted by atomic mass is 10.1. The SMILES string of the molecule is CC(N)c1cc(Br)ccc1OCCc1ccsc1. The highest BCUT2D eigenvalue weighted by Gasteiger charge is 2.08.